The number of carbonyl (C=O) groups excluding carboxylic acids is 1. The summed E-state index contributed by atoms with van der Waals surface area (Å²) in [5.74, 6) is -0.678. The second kappa shape index (κ2) is 8.41. The predicted molar refractivity (Wildman–Crippen MR) is 125 cm³/mol. The van der Waals surface area contributed by atoms with Gasteiger partial charge in [0, 0.05) is 13.1 Å². The van der Waals surface area contributed by atoms with Crippen LogP contribution in [0, 0.1) is 22.6 Å². The van der Waals surface area contributed by atoms with E-state index >= 15 is 0 Å². The van der Waals surface area contributed by atoms with Crippen molar-refractivity contribution in [2.75, 3.05) is 19.6 Å². The Morgan fingerprint density at radius 1 is 1.15 bits per heavy atom. The third-order valence-electron chi connectivity index (χ3n) is 7.35. The number of benzene rings is 2. The van der Waals surface area contributed by atoms with Gasteiger partial charge in [0.1, 0.15) is 11.4 Å². The molecule has 4 rings (SSSR count). The molecule has 2 aliphatic heterocycles. The van der Waals surface area contributed by atoms with Gasteiger partial charge in [-0.15, -0.1) is 0 Å². The van der Waals surface area contributed by atoms with Crippen LogP contribution in [-0.2, 0) is 10.3 Å². The minimum Gasteiger partial charge on any atom is -0.465 e. The molecule has 0 saturated carbocycles. The normalized spacial score (nSPS) is 24.3. The highest BCUT2D eigenvalue weighted by atomic mass is 19.1. The van der Waals surface area contributed by atoms with Gasteiger partial charge in [0.05, 0.1) is 17.2 Å². The molecule has 34 heavy (non-hydrogen) atoms. The molecule has 3 N–H and O–H groups in total. The van der Waals surface area contributed by atoms with Crippen LogP contribution in [0.2, 0.25) is 0 Å². The van der Waals surface area contributed by atoms with Crippen molar-refractivity contribution in [3.8, 4) is 17.2 Å². The summed E-state index contributed by atoms with van der Waals surface area (Å²) >= 11 is 0. The van der Waals surface area contributed by atoms with Crippen molar-refractivity contribution in [1.82, 2.24) is 15.5 Å². The lowest BCUT2D eigenvalue weighted by Crippen LogP contribution is -2.75. The highest BCUT2D eigenvalue weighted by molar-refractivity contribution is 5.93. The number of nitrogens with one attached hydrogen (secondary N) is 2. The van der Waals surface area contributed by atoms with Gasteiger partial charge < -0.3 is 15.7 Å². The molecule has 0 aromatic heterocycles. The van der Waals surface area contributed by atoms with Gasteiger partial charge >= 0.3 is 6.09 Å². The molecule has 2 heterocycles. The van der Waals surface area contributed by atoms with Crippen LogP contribution < -0.4 is 10.6 Å². The molecule has 0 unspecified atom stereocenters. The highest BCUT2D eigenvalue weighted by Crippen LogP contribution is 2.46. The lowest BCUT2D eigenvalue weighted by molar-refractivity contribution is -0.154. The van der Waals surface area contributed by atoms with E-state index in [-0.39, 0.29) is 11.7 Å². The Morgan fingerprint density at radius 3 is 2.32 bits per heavy atom. The number of likely N-dealkylation sites (tertiary alicyclic amines) is 1. The van der Waals surface area contributed by atoms with Gasteiger partial charge in [-0.2, -0.15) is 5.26 Å². The maximum absolute atomic E-state index is 13.8. The van der Waals surface area contributed by atoms with Gasteiger partial charge in [0.2, 0.25) is 5.91 Å². The third kappa shape index (κ3) is 3.70. The first-order valence-electron chi connectivity index (χ1n) is 11.4. The Bertz CT molecular complexity index is 1160. The average molecular weight is 465 g/mol. The molecule has 2 atom stereocenters. The van der Waals surface area contributed by atoms with Crippen LogP contribution in [0.1, 0.15) is 44.7 Å². The summed E-state index contributed by atoms with van der Waals surface area (Å²) < 4.78 is 13.3. The van der Waals surface area contributed by atoms with Gasteiger partial charge in [-0.05, 0) is 59.7 Å². The second-order valence-corrected chi connectivity index (χ2v) is 10.1. The molecule has 8 heteroatoms. The van der Waals surface area contributed by atoms with Gasteiger partial charge in [0.15, 0.2) is 0 Å². The zero-order valence-electron chi connectivity index (χ0n) is 19.6. The van der Waals surface area contributed by atoms with Crippen molar-refractivity contribution in [1.29, 1.82) is 5.26 Å². The van der Waals surface area contributed by atoms with E-state index < -0.39 is 22.6 Å². The molecule has 2 aliphatic rings. The third-order valence-corrected chi connectivity index (χ3v) is 7.35. The standard InChI is InChI=1S/C26H29FN4O3/c1-24(2,3)26(11-13-31(26)23(33)34)22(32)30-25(10-12-29-16-25)21-9-6-18(14-19(21)15-28)17-4-7-20(27)8-5-17/h4-9,14,29H,10-13,16H2,1-3H3,(H,30,32)(H,33,34)/t25-,26+/m1/s1. The topological polar surface area (TPSA) is 105 Å². The van der Waals surface area contributed by atoms with Crippen LogP contribution in [-0.4, -0.2) is 47.2 Å². The molecule has 0 bridgehead atoms. The number of rotatable bonds is 4. The summed E-state index contributed by atoms with van der Waals surface area (Å²) in [6.07, 6.45) is -0.111. The summed E-state index contributed by atoms with van der Waals surface area (Å²) in [6.45, 7) is 7.01. The number of amides is 2. The van der Waals surface area contributed by atoms with Crippen LogP contribution in [0.4, 0.5) is 9.18 Å². The largest absolute Gasteiger partial charge is 0.465 e. The minimum atomic E-state index is -1.19. The first kappa shape index (κ1) is 23.7. The molecule has 0 spiro atoms. The van der Waals surface area contributed by atoms with E-state index in [2.05, 4.69) is 16.7 Å². The number of carboxylic acid groups (broad SMARTS) is 1. The van der Waals surface area contributed by atoms with E-state index in [1.807, 2.05) is 32.9 Å². The van der Waals surface area contributed by atoms with Crippen molar-refractivity contribution in [3.63, 3.8) is 0 Å². The quantitative estimate of drug-likeness (QED) is 0.638. The molecule has 2 fully saturated rings. The Labute approximate surface area is 198 Å². The molecule has 178 valence electrons. The fourth-order valence-electron chi connectivity index (χ4n) is 5.36. The van der Waals surface area contributed by atoms with E-state index in [4.69, 9.17) is 0 Å². The Kier molecular flexibility index (Phi) is 5.86. The Hall–Kier alpha value is -3.44. The molecular formula is C26H29FN4O3. The van der Waals surface area contributed by atoms with Gasteiger partial charge in [-0.25, -0.2) is 9.18 Å². The fourth-order valence-corrected chi connectivity index (χ4v) is 5.36. The molecule has 2 aromatic rings. The number of hydrogen-bond donors (Lipinski definition) is 3. The molecular weight excluding hydrogens is 435 g/mol. The van der Waals surface area contributed by atoms with Crippen molar-refractivity contribution in [2.24, 2.45) is 5.41 Å². The second-order valence-electron chi connectivity index (χ2n) is 10.1. The predicted octanol–water partition coefficient (Wildman–Crippen LogP) is 3.84. The lowest BCUT2D eigenvalue weighted by atomic mass is 9.64. The fraction of sp³-hybridized carbons (Fsp3) is 0.423. The number of hydrogen-bond acceptors (Lipinski definition) is 4. The summed E-state index contributed by atoms with van der Waals surface area (Å²) in [7, 11) is 0. The van der Waals surface area contributed by atoms with Crippen molar-refractivity contribution in [3.05, 3.63) is 59.4 Å². The van der Waals surface area contributed by atoms with Crippen LogP contribution in [0.25, 0.3) is 11.1 Å². The molecule has 7 nitrogen and oxygen atoms in total. The molecule has 2 saturated heterocycles. The van der Waals surface area contributed by atoms with Crippen LogP contribution in [0.5, 0.6) is 0 Å². The maximum Gasteiger partial charge on any atom is 0.408 e. The Balaban J connectivity index is 1.73. The van der Waals surface area contributed by atoms with E-state index in [1.165, 1.54) is 17.0 Å². The first-order chi connectivity index (χ1) is 16.0. The summed E-state index contributed by atoms with van der Waals surface area (Å²) in [6, 6.07) is 13.8. The molecule has 0 radical (unpaired) electrons. The highest BCUT2D eigenvalue weighted by Gasteiger charge is 2.61. The summed E-state index contributed by atoms with van der Waals surface area (Å²) in [5.41, 5.74) is 0.00597. The molecule has 2 aromatic carbocycles. The monoisotopic (exact) mass is 464 g/mol. The van der Waals surface area contributed by atoms with Crippen molar-refractivity contribution < 1.29 is 19.1 Å². The van der Waals surface area contributed by atoms with Crippen molar-refractivity contribution in [2.45, 2.75) is 44.7 Å². The Morgan fingerprint density at radius 2 is 1.82 bits per heavy atom. The summed E-state index contributed by atoms with van der Waals surface area (Å²) in [4.78, 5) is 26.9. The average Bonchev–Trinajstić information content (AvgIpc) is 3.21. The maximum atomic E-state index is 13.8. The zero-order chi connectivity index (χ0) is 24.7. The number of nitriles is 1. The van der Waals surface area contributed by atoms with Crippen molar-refractivity contribution >= 4 is 12.0 Å². The van der Waals surface area contributed by atoms with E-state index in [0.29, 0.717) is 43.6 Å². The van der Waals surface area contributed by atoms with Gasteiger partial charge in [-0.3, -0.25) is 9.69 Å². The van der Waals surface area contributed by atoms with Crippen LogP contribution >= 0.6 is 0 Å². The number of halogens is 1. The van der Waals surface area contributed by atoms with E-state index in [1.54, 1.807) is 18.2 Å². The minimum absolute atomic E-state index is 0.307. The van der Waals surface area contributed by atoms with Crippen LogP contribution in [0.3, 0.4) is 0 Å². The number of carbonyl (C=O) groups is 2. The summed E-state index contributed by atoms with van der Waals surface area (Å²) in [5, 5.41) is 26.2. The SMILES string of the molecule is CC(C)(C)[C@@]1(C(=O)N[C@]2(c3ccc(-c4ccc(F)cc4)cc3C#N)CCNC2)CCN1C(=O)O. The van der Waals surface area contributed by atoms with E-state index in [0.717, 1.165) is 11.1 Å². The molecule has 2 amide bonds. The first-order valence-corrected chi connectivity index (χ1v) is 11.4. The van der Waals surface area contributed by atoms with Gasteiger partial charge in [-0.1, -0.05) is 45.0 Å². The van der Waals surface area contributed by atoms with Crippen LogP contribution in [0.15, 0.2) is 42.5 Å². The number of nitrogens with zero attached hydrogens (tertiary/aromatic N) is 2. The van der Waals surface area contributed by atoms with E-state index in [9.17, 15) is 24.3 Å². The lowest BCUT2D eigenvalue weighted by Gasteiger charge is -2.57. The smallest absolute Gasteiger partial charge is 0.408 e. The zero-order valence-corrected chi connectivity index (χ0v) is 19.6. The van der Waals surface area contributed by atoms with Gasteiger partial charge in [0.25, 0.3) is 0 Å². The molecule has 0 aliphatic carbocycles.